The van der Waals surface area contributed by atoms with Crippen molar-refractivity contribution in [2.75, 3.05) is 6.61 Å². The van der Waals surface area contributed by atoms with E-state index in [1.165, 1.54) is 0 Å². The lowest BCUT2D eigenvalue weighted by atomic mass is 9.99. The summed E-state index contributed by atoms with van der Waals surface area (Å²) >= 11 is 0. The fourth-order valence-electron chi connectivity index (χ4n) is 3.81. The lowest BCUT2D eigenvalue weighted by Gasteiger charge is -2.39. The zero-order valence-electron chi connectivity index (χ0n) is 14.0. The molecule has 1 amide bonds. The van der Waals surface area contributed by atoms with Crippen LogP contribution in [0, 0.1) is 0 Å². The minimum absolute atomic E-state index is 0.0675. The maximum atomic E-state index is 12.5. The Morgan fingerprint density at radius 3 is 2.46 bits per heavy atom. The van der Waals surface area contributed by atoms with Crippen LogP contribution in [-0.2, 0) is 14.3 Å². The SMILES string of the molecule is CCOC(=O)CCC(=O)N1C2CCC1CC(Oc1ccncc1)C2. The molecule has 2 fully saturated rings. The number of ether oxygens (including phenoxy) is 2. The number of rotatable bonds is 6. The summed E-state index contributed by atoms with van der Waals surface area (Å²) in [4.78, 5) is 29.9. The number of fused-ring (bicyclic) bond motifs is 2. The number of piperidine rings is 1. The van der Waals surface area contributed by atoms with Crippen LogP contribution in [-0.4, -0.2) is 46.6 Å². The van der Waals surface area contributed by atoms with Crippen molar-refractivity contribution in [2.45, 2.75) is 63.6 Å². The molecule has 2 saturated heterocycles. The molecule has 6 nitrogen and oxygen atoms in total. The predicted octanol–water partition coefficient (Wildman–Crippen LogP) is 2.33. The Labute approximate surface area is 142 Å². The molecule has 0 N–H and O–H groups in total. The number of aromatic nitrogens is 1. The second-order valence-corrected chi connectivity index (χ2v) is 6.39. The Bertz CT molecular complexity index is 564. The first-order chi connectivity index (χ1) is 11.7. The van der Waals surface area contributed by atoms with Crippen LogP contribution < -0.4 is 4.74 Å². The van der Waals surface area contributed by atoms with E-state index in [0.29, 0.717) is 6.61 Å². The molecule has 1 aromatic heterocycles. The summed E-state index contributed by atoms with van der Waals surface area (Å²) in [7, 11) is 0. The van der Waals surface area contributed by atoms with Crippen LogP contribution in [0.4, 0.5) is 0 Å². The molecule has 3 rings (SSSR count). The third-order valence-electron chi connectivity index (χ3n) is 4.78. The van der Waals surface area contributed by atoms with Crippen molar-refractivity contribution in [3.8, 4) is 5.75 Å². The number of esters is 1. The highest BCUT2D eigenvalue weighted by atomic mass is 16.5. The highest BCUT2D eigenvalue weighted by Gasteiger charge is 2.43. The second-order valence-electron chi connectivity index (χ2n) is 6.39. The number of nitrogens with zero attached hydrogens (tertiary/aromatic N) is 2. The van der Waals surface area contributed by atoms with Gasteiger partial charge in [-0.3, -0.25) is 14.6 Å². The van der Waals surface area contributed by atoms with E-state index in [9.17, 15) is 9.59 Å². The average Bonchev–Trinajstić information content (AvgIpc) is 2.85. The largest absolute Gasteiger partial charge is 0.490 e. The lowest BCUT2D eigenvalue weighted by Crippen LogP contribution is -2.49. The molecule has 0 aromatic carbocycles. The van der Waals surface area contributed by atoms with Crippen molar-refractivity contribution in [2.24, 2.45) is 0 Å². The number of hydrogen-bond donors (Lipinski definition) is 0. The Morgan fingerprint density at radius 1 is 1.17 bits per heavy atom. The predicted molar refractivity (Wildman–Crippen MR) is 87.4 cm³/mol. The summed E-state index contributed by atoms with van der Waals surface area (Å²) in [5.41, 5.74) is 0. The molecule has 2 aliphatic rings. The zero-order chi connectivity index (χ0) is 16.9. The standard InChI is InChI=1S/C18H24N2O4/c1-2-23-18(22)6-5-17(21)20-13-3-4-14(20)12-16(11-13)24-15-7-9-19-10-8-15/h7-10,13-14,16H,2-6,11-12H2,1H3. The fraction of sp³-hybridized carbons (Fsp3) is 0.611. The van der Waals surface area contributed by atoms with Gasteiger partial charge in [0.25, 0.3) is 0 Å². The van der Waals surface area contributed by atoms with E-state index < -0.39 is 0 Å². The molecule has 0 radical (unpaired) electrons. The van der Waals surface area contributed by atoms with Gasteiger partial charge in [0.2, 0.25) is 5.91 Å². The molecule has 3 heterocycles. The molecule has 130 valence electrons. The van der Waals surface area contributed by atoms with Crippen LogP contribution in [0.2, 0.25) is 0 Å². The first-order valence-electron chi connectivity index (χ1n) is 8.70. The van der Waals surface area contributed by atoms with Gasteiger partial charge in [-0.25, -0.2) is 0 Å². The fourth-order valence-corrected chi connectivity index (χ4v) is 3.81. The maximum Gasteiger partial charge on any atom is 0.306 e. The minimum Gasteiger partial charge on any atom is -0.490 e. The molecule has 2 atom stereocenters. The van der Waals surface area contributed by atoms with Gasteiger partial charge in [-0.15, -0.1) is 0 Å². The van der Waals surface area contributed by atoms with Gasteiger partial charge in [0, 0.05) is 43.7 Å². The van der Waals surface area contributed by atoms with Gasteiger partial charge in [0.1, 0.15) is 11.9 Å². The van der Waals surface area contributed by atoms with Gasteiger partial charge in [-0.05, 0) is 31.9 Å². The number of hydrogen-bond acceptors (Lipinski definition) is 5. The summed E-state index contributed by atoms with van der Waals surface area (Å²) in [5.74, 6) is 0.600. The van der Waals surface area contributed by atoms with E-state index in [-0.39, 0.29) is 42.9 Å². The van der Waals surface area contributed by atoms with Crippen LogP contribution >= 0.6 is 0 Å². The molecule has 2 bridgehead atoms. The van der Waals surface area contributed by atoms with E-state index in [2.05, 4.69) is 4.98 Å². The number of carbonyl (C=O) groups is 2. The maximum absolute atomic E-state index is 12.5. The molecule has 1 aromatic rings. The van der Waals surface area contributed by atoms with Gasteiger partial charge in [-0.1, -0.05) is 0 Å². The van der Waals surface area contributed by atoms with E-state index in [1.54, 1.807) is 19.3 Å². The monoisotopic (exact) mass is 332 g/mol. The van der Waals surface area contributed by atoms with Crippen molar-refractivity contribution in [3.05, 3.63) is 24.5 Å². The molecule has 0 aliphatic carbocycles. The summed E-state index contributed by atoms with van der Waals surface area (Å²) in [6.07, 6.45) is 7.72. The van der Waals surface area contributed by atoms with E-state index >= 15 is 0 Å². The van der Waals surface area contributed by atoms with Gasteiger partial charge < -0.3 is 14.4 Å². The molecule has 24 heavy (non-hydrogen) atoms. The Morgan fingerprint density at radius 2 is 1.83 bits per heavy atom. The number of carbonyl (C=O) groups excluding carboxylic acids is 2. The lowest BCUT2D eigenvalue weighted by molar-refractivity contribution is -0.147. The summed E-state index contributed by atoms with van der Waals surface area (Å²) in [6.45, 7) is 2.13. The van der Waals surface area contributed by atoms with Crippen LogP contribution in [0.5, 0.6) is 5.75 Å². The number of pyridine rings is 1. The average molecular weight is 332 g/mol. The van der Waals surface area contributed by atoms with Crippen LogP contribution in [0.25, 0.3) is 0 Å². The number of amides is 1. The Balaban J connectivity index is 1.53. The summed E-state index contributed by atoms with van der Waals surface area (Å²) in [5, 5.41) is 0. The molecule has 2 unspecified atom stereocenters. The molecular weight excluding hydrogens is 308 g/mol. The highest BCUT2D eigenvalue weighted by molar-refractivity contribution is 5.82. The third-order valence-corrected chi connectivity index (χ3v) is 4.78. The van der Waals surface area contributed by atoms with E-state index in [0.717, 1.165) is 31.4 Å². The van der Waals surface area contributed by atoms with Gasteiger partial charge in [0.05, 0.1) is 13.0 Å². The van der Waals surface area contributed by atoms with Crippen molar-refractivity contribution in [1.82, 2.24) is 9.88 Å². The first kappa shape index (κ1) is 16.7. The quantitative estimate of drug-likeness (QED) is 0.748. The normalized spacial score (nSPS) is 25.4. The second kappa shape index (κ2) is 7.64. The van der Waals surface area contributed by atoms with E-state index in [4.69, 9.17) is 9.47 Å². The zero-order valence-corrected chi connectivity index (χ0v) is 14.0. The Hall–Kier alpha value is -2.11. The van der Waals surface area contributed by atoms with Crippen molar-refractivity contribution < 1.29 is 19.1 Å². The molecular formula is C18H24N2O4. The van der Waals surface area contributed by atoms with Gasteiger partial charge in [0.15, 0.2) is 0 Å². The van der Waals surface area contributed by atoms with Crippen LogP contribution in [0.15, 0.2) is 24.5 Å². The smallest absolute Gasteiger partial charge is 0.306 e. The highest BCUT2D eigenvalue weighted by Crippen LogP contribution is 2.37. The first-order valence-corrected chi connectivity index (χ1v) is 8.70. The van der Waals surface area contributed by atoms with Gasteiger partial charge in [-0.2, -0.15) is 0 Å². The summed E-state index contributed by atoms with van der Waals surface area (Å²) in [6, 6.07) is 4.17. The van der Waals surface area contributed by atoms with Crippen molar-refractivity contribution >= 4 is 11.9 Å². The molecule has 6 heteroatoms. The summed E-state index contributed by atoms with van der Waals surface area (Å²) < 4.78 is 10.9. The third kappa shape index (κ3) is 3.86. The van der Waals surface area contributed by atoms with Gasteiger partial charge >= 0.3 is 5.97 Å². The van der Waals surface area contributed by atoms with Crippen molar-refractivity contribution in [1.29, 1.82) is 0 Å². The van der Waals surface area contributed by atoms with Crippen LogP contribution in [0.1, 0.15) is 45.4 Å². The van der Waals surface area contributed by atoms with Crippen LogP contribution in [0.3, 0.4) is 0 Å². The topological polar surface area (TPSA) is 68.7 Å². The molecule has 2 aliphatic heterocycles. The van der Waals surface area contributed by atoms with Crippen molar-refractivity contribution in [3.63, 3.8) is 0 Å². The molecule has 0 spiro atoms. The molecule has 0 saturated carbocycles. The van der Waals surface area contributed by atoms with E-state index in [1.807, 2.05) is 17.0 Å². The minimum atomic E-state index is -0.297. The Kier molecular flexibility index (Phi) is 5.33.